The molecule has 0 bridgehead atoms. The first-order valence-corrected chi connectivity index (χ1v) is 8.96. The number of carbonyl (C=O) groups excluding carboxylic acids is 2. The van der Waals surface area contributed by atoms with E-state index in [9.17, 15) is 18.4 Å². The fourth-order valence-electron chi connectivity index (χ4n) is 2.05. The van der Waals surface area contributed by atoms with Crippen LogP contribution < -0.4 is 10.6 Å². The van der Waals surface area contributed by atoms with Gasteiger partial charge in [0, 0.05) is 52.4 Å². The molecule has 0 spiro atoms. The lowest BCUT2D eigenvalue weighted by atomic mass is 10.1. The summed E-state index contributed by atoms with van der Waals surface area (Å²) in [5.41, 5.74) is 0.761. The van der Waals surface area contributed by atoms with E-state index in [1.165, 1.54) is 36.5 Å². The molecule has 0 saturated carbocycles. The van der Waals surface area contributed by atoms with Gasteiger partial charge in [-0.1, -0.05) is 32.0 Å². The Labute approximate surface area is 163 Å². The summed E-state index contributed by atoms with van der Waals surface area (Å²) in [6, 6.07) is 8.85. The number of nitrogens with zero attached hydrogens (tertiary/aromatic N) is 1. The van der Waals surface area contributed by atoms with Crippen molar-refractivity contribution < 1.29 is 18.4 Å². The van der Waals surface area contributed by atoms with Gasteiger partial charge in [0.05, 0.1) is 0 Å². The molecule has 1 heterocycles. The van der Waals surface area contributed by atoms with Gasteiger partial charge >= 0.3 is 3.93 Å². The Morgan fingerprint density at radius 2 is 1.96 bits per heavy atom. The number of amides is 2. The van der Waals surface area contributed by atoms with E-state index in [0.29, 0.717) is 11.1 Å². The van der Waals surface area contributed by atoms with Gasteiger partial charge in [-0.05, 0) is 23.8 Å². The summed E-state index contributed by atoms with van der Waals surface area (Å²) in [6.45, 7) is 3.61. The molecule has 2 N–H and O–H groups in total. The Kier molecular flexibility index (Phi) is 6.63. The third-order valence-corrected chi connectivity index (χ3v) is 4.13. The first kappa shape index (κ1) is 20.2. The highest BCUT2D eigenvalue weighted by atomic mass is 127. The van der Waals surface area contributed by atoms with Gasteiger partial charge in [0.2, 0.25) is 5.91 Å². The number of nitrogens with one attached hydrogen (secondary N) is 2. The predicted molar refractivity (Wildman–Crippen MR) is 103 cm³/mol. The van der Waals surface area contributed by atoms with Gasteiger partial charge in [0.15, 0.2) is 0 Å². The second kappa shape index (κ2) is 8.52. The van der Waals surface area contributed by atoms with Gasteiger partial charge in [0.25, 0.3) is 5.91 Å². The first-order chi connectivity index (χ1) is 12.2. The Bertz CT molecular complexity index is 807. The molecule has 0 radical (unpaired) electrons. The Balaban J connectivity index is 2.03. The van der Waals surface area contributed by atoms with E-state index in [2.05, 4.69) is 15.6 Å². The summed E-state index contributed by atoms with van der Waals surface area (Å²) in [5, 5.41) is 5.29. The summed E-state index contributed by atoms with van der Waals surface area (Å²) in [7, 11) is 0. The van der Waals surface area contributed by atoms with Crippen LogP contribution in [0.5, 0.6) is 0 Å². The van der Waals surface area contributed by atoms with Crippen LogP contribution in [0.4, 0.5) is 14.6 Å². The highest BCUT2D eigenvalue weighted by Crippen LogP contribution is 2.35. The number of anilines is 1. The number of alkyl halides is 3. The first-order valence-electron chi connectivity index (χ1n) is 7.88. The van der Waals surface area contributed by atoms with Crippen molar-refractivity contribution in [3.05, 3.63) is 59.3 Å². The van der Waals surface area contributed by atoms with E-state index in [1.54, 1.807) is 19.9 Å². The number of hydrogen-bond acceptors (Lipinski definition) is 3. The molecule has 0 aliphatic carbocycles. The van der Waals surface area contributed by atoms with Crippen LogP contribution in [0.2, 0.25) is 0 Å². The zero-order valence-corrected chi connectivity index (χ0v) is 16.4. The van der Waals surface area contributed by atoms with E-state index in [4.69, 9.17) is 0 Å². The minimum atomic E-state index is -2.97. The van der Waals surface area contributed by atoms with Crippen LogP contribution in [0, 0.1) is 5.92 Å². The number of hydrogen-bond donors (Lipinski definition) is 2. The number of pyridine rings is 1. The number of aromatic nitrogens is 1. The molecule has 0 atom stereocenters. The minimum Gasteiger partial charge on any atom is -0.348 e. The van der Waals surface area contributed by atoms with Crippen molar-refractivity contribution in [3.63, 3.8) is 0 Å². The third-order valence-electron chi connectivity index (χ3n) is 3.51. The lowest BCUT2D eigenvalue weighted by Gasteiger charge is -2.11. The van der Waals surface area contributed by atoms with E-state index in [1.807, 2.05) is 0 Å². The average molecular weight is 473 g/mol. The molecule has 138 valence electrons. The molecule has 8 heteroatoms. The Hall–Kier alpha value is -2.10. The normalized spacial score (nSPS) is 11.3. The van der Waals surface area contributed by atoms with Gasteiger partial charge in [-0.3, -0.25) is 9.59 Å². The van der Waals surface area contributed by atoms with E-state index < -0.39 is 3.93 Å². The molecule has 0 unspecified atom stereocenters. The molecule has 1 aromatic carbocycles. The lowest BCUT2D eigenvalue weighted by Crippen LogP contribution is -2.24. The lowest BCUT2D eigenvalue weighted by molar-refractivity contribution is -0.118. The molecule has 2 rings (SSSR count). The zero-order chi connectivity index (χ0) is 19.3. The molecule has 0 saturated heterocycles. The SMILES string of the molecule is CC(C)C(=O)Nc1cc(C(=O)NCc2cccc(C(F)(F)I)c2)ccn1. The number of carbonyl (C=O) groups is 2. The Morgan fingerprint density at radius 1 is 1.23 bits per heavy atom. The molecule has 1 aromatic heterocycles. The van der Waals surface area contributed by atoms with E-state index in [0.717, 1.165) is 22.6 Å². The second-order valence-corrected chi connectivity index (χ2v) is 7.31. The van der Waals surface area contributed by atoms with Crippen LogP contribution >= 0.6 is 22.6 Å². The largest absolute Gasteiger partial charge is 0.348 e. The molecule has 0 fully saturated rings. The van der Waals surface area contributed by atoms with Crippen molar-refractivity contribution in [1.82, 2.24) is 10.3 Å². The van der Waals surface area contributed by atoms with Gasteiger partial charge < -0.3 is 10.6 Å². The number of halogens is 3. The summed E-state index contributed by atoms with van der Waals surface area (Å²) in [5.74, 6) is -0.522. The quantitative estimate of drug-likeness (QED) is 0.491. The van der Waals surface area contributed by atoms with Crippen LogP contribution in [0.25, 0.3) is 0 Å². The van der Waals surface area contributed by atoms with Crippen molar-refractivity contribution in [3.8, 4) is 0 Å². The smallest absolute Gasteiger partial charge is 0.321 e. The average Bonchev–Trinajstić information content (AvgIpc) is 2.59. The van der Waals surface area contributed by atoms with Crippen LogP contribution in [0.1, 0.15) is 35.3 Å². The summed E-state index contributed by atoms with van der Waals surface area (Å²) in [4.78, 5) is 28.0. The Morgan fingerprint density at radius 3 is 2.62 bits per heavy atom. The standard InChI is InChI=1S/C18H18F2IN3O2/c1-11(2)16(25)24-15-9-13(6-7-22-15)17(26)23-10-12-4-3-5-14(8-12)18(19,20)21/h3-9,11H,10H2,1-2H3,(H,23,26)(H,22,24,25). The van der Waals surface area contributed by atoms with E-state index >= 15 is 0 Å². The predicted octanol–water partition coefficient (Wildman–Crippen LogP) is 4.09. The maximum atomic E-state index is 13.4. The van der Waals surface area contributed by atoms with Crippen molar-refractivity contribution in [2.75, 3.05) is 5.32 Å². The highest BCUT2D eigenvalue weighted by Gasteiger charge is 2.26. The summed E-state index contributed by atoms with van der Waals surface area (Å²) >= 11 is 1.07. The van der Waals surface area contributed by atoms with Crippen molar-refractivity contribution >= 4 is 40.2 Å². The number of rotatable bonds is 6. The molecule has 26 heavy (non-hydrogen) atoms. The zero-order valence-electron chi connectivity index (χ0n) is 14.2. The van der Waals surface area contributed by atoms with Gasteiger partial charge in [-0.25, -0.2) is 4.98 Å². The minimum absolute atomic E-state index is 0.107. The topological polar surface area (TPSA) is 71.1 Å². The molecule has 0 aliphatic heterocycles. The summed E-state index contributed by atoms with van der Waals surface area (Å²) < 4.78 is 23.8. The van der Waals surface area contributed by atoms with E-state index in [-0.39, 0.29) is 35.7 Å². The maximum absolute atomic E-state index is 13.4. The highest BCUT2D eigenvalue weighted by molar-refractivity contribution is 14.1. The molecular formula is C18H18F2IN3O2. The van der Waals surface area contributed by atoms with Crippen molar-refractivity contribution in [2.45, 2.75) is 24.3 Å². The van der Waals surface area contributed by atoms with Crippen LogP contribution in [0.3, 0.4) is 0 Å². The van der Waals surface area contributed by atoms with Crippen molar-refractivity contribution in [2.24, 2.45) is 5.92 Å². The van der Waals surface area contributed by atoms with Gasteiger partial charge in [0.1, 0.15) is 5.82 Å². The van der Waals surface area contributed by atoms with Crippen molar-refractivity contribution in [1.29, 1.82) is 0 Å². The summed E-state index contributed by atoms with van der Waals surface area (Å²) in [6.07, 6.45) is 1.42. The molecule has 2 aromatic rings. The maximum Gasteiger partial charge on any atom is 0.321 e. The molecule has 2 amide bonds. The molecule has 0 aliphatic rings. The fraction of sp³-hybridized carbons (Fsp3) is 0.278. The second-order valence-electron chi connectivity index (χ2n) is 5.95. The molecule has 5 nitrogen and oxygen atoms in total. The van der Waals surface area contributed by atoms with Gasteiger partial charge in [-0.2, -0.15) is 8.78 Å². The molecular weight excluding hydrogens is 455 g/mol. The number of benzene rings is 1. The van der Waals surface area contributed by atoms with Crippen LogP contribution in [-0.2, 0) is 15.3 Å². The van der Waals surface area contributed by atoms with Gasteiger partial charge in [-0.15, -0.1) is 0 Å². The third kappa shape index (κ3) is 5.72. The fourth-order valence-corrected chi connectivity index (χ4v) is 2.39. The van der Waals surface area contributed by atoms with Crippen LogP contribution in [0.15, 0.2) is 42.6 Å². The monoisotopic (exact) mass is 473 g/mol. The van der Waals surface area contributed by atoms with Crippen LogP contribution in [-0.4, -0.2) is 16.8 Å².